The Morgan fingerprint density at radius 2 is 1.97 bits per heavy atom. The Morgan fingerprint density at radius 3 is 2.69 bits per heavy atom. The number of hydrogen-bond acceptors (Lipinski definition) is 8. The van der Waals surface area contributed by atoms with Crippen molar-refractivity contribution < 1.29 is 13.2 Å². The molecule has 0 saturated carbocycles. The number of nitrogens with one attached hydrogen (secondary N) is 1. The van der Waals surface area contributed by atoms with Crippen LogP contribution in [0.15, 0.2) is 55.2 Å². The Bertz CT molecular complexity index is 1260. The summed E-state index contributed by atoms with van der Waals surface area (Å²) in [4.78, 5) is 24.0. The van der Waals surface area contributed by atoms with Crippen LogP contribution in [0.3, 0.4) is 0 Å². The van der Waals surface area contributed by atoms with Crippen molar-refractivity contribution in [1.82, 2.24) is 29.9 Å². The van der Waals surface area contributed by atoms with Gasteiger partial charge >= 0.3 is 0 Å². The highest BCUT2D eigenvalue weighted by Crippen LogP contribution is 2.41. The van der Waals surface area contributed by atoms with Crippen molar-refractivity contribution in [3.05, 3.63) is 72.2 Å². The summed E-state index contributed by atoms with van der Waals surface area (Å²) in [5.41, 5.74) is 1.12. The molecule has 148 valence electrons. The van der Waals surface area contributed by atoms with E-state index < -0.39 is 14.8 Å². The summed E-state index contributed by atoms with van der Waals surface area (Å²) >= 11 is 0. The Labute approximate surface area is 166 Å². The fourth-order valence-corrected chi connectivity index (χ4v) is 4.44. The quantitative estimate of drug-likeness (QED) is 0.479. The molecule has 4 rings (SSSR count). The number of hydrogen-bond donors (Lipinski definition) is 2. The molecule has 0 aliphatic rings. The van der Waals surface area contributed by atoms with Gasteiger partial charge in [0.15, 0.2) is 16.0 Å². The lowest BCUT2D eigenvalue weighted by Gasteiger charge is -2.30. The summed E-state index contributed by atoms with van der Waals surface area (Å²) in [5.74, 6) is 0.262. The maximum Gasteiger partial charge on any atom is 0.230 e. The number of pyridine rings is 2. The Hall–Kier alpha value is -3.44. The topological polar surface area (TPSA) is 150 Å². The molecule has 3 N–H and O–H groups in total. The van der Waals surface area contributed by atoms with E-state index >= 15 is 0 Å². The van der Waals surface area contributed by atoms with Crippen LogP contribution < -0.4 is 9.88 Å². The summed E-state index contributed by atoms with van der Waals surface area (Å²) in [7, 11) is -4.36. The van der Waals surface area contributed by atoms with E-state index in [0.717, 1.165) is 0 Å². The standard InChI is InChI=1S/C18H17N7O3S/c1-2-28-15-7-3-6-13(24-15)18(29(19,26)27,12-5-4-8-20-9-12)14-10-21-16-17(25-14)23-11-22-16/h3-11H,2H2,1H3,(H2,19,26,27)(H,21,22,23,25). The van der Waals surface area contributed by atoms with Crippen molar-refractivity contribution in [1.29, 1.82) is 0 Å². The molecule has 0 spiro atoms. The number of nitrogens with two attached hydrogens (primary N) is 1. The van der Waals surface area contributed by atoms with Gasteiger partial charge in [-0.15, -0.1) is 0 Å². The number of rotatable bonds is 6. The summed E-state index contributed by atoms with van der Waals surface area (Å²) < 4.78 is 29.9. The molecule has 0 bridgehead atoms. The van der Waals surface area contributed by atoms with Gasteiger partial charge in [0.25, 0.3) is 0 Å². The molecule has 0 radical (unpaired) electrons. The number of H-pyrrole nitrogens is 1. The highest BCUT2D eigenvalue weighted by molar-refractivity contribution is 7.90. The monoisotopic (exact) mass is 411 g/mol. The average Bonchev–Trinajstić information content (AvgIpc) is 3.17. The maximum absolute atomic E-state index is 13.2. The molecule has 1 unspecified atom stereocenters. The second-order valence-corrected chi connectivity index (χ2v) is 7.79. The first-order valence-electron chi connectivity index (χ1n) is 8.66. The number of nitrogens with zero attached hydrogens (tertiary/aromatic N) is 5. The number of ether oxygens (including phenoxy) is 1. The highest BCUT2D eigenvalue weighted by atomic mass is 32.2. The number of aromatic nitrogens is 6. The van der Waals surface area contributed by atoms with Crippen LogP contribution in [0.25, 0.3) is 11.3 Å². The molecule has 11 heteroatoms. The van der Waals surface area contributed by atoms with Crippen LogP contribution in [0.2, 0.25) is 0 Å². The first kappa shape index (κ1) is 18.9. The average molecular weight is 411 g/mol. The normalized spacial score (nSPS) is 13.9. The van der Waals surface area contributed by atoms with Gasteiger partial charge in [-0.25, -0.2) is 33.5 Å². The van der Waals surface area contributed by atoms with Crippen LogP contribution >= 0.6 is 0 Å². The summed E-state index contributed by atoms with van der Waals surface area (Å²) in [6.07, 6.45) is 5.70. The van der Waals surface area contributed by atoms with Gasteiger partial charge in [-0.2, -0.15) is 0 Å². The maximum atomic E-state index is 13.2. The van der Waals surface area contributed by atoms with Gasteiger partial charge in [0.05, 0.1) is 30.5 Å². The second kappa shape index (κ2) is 7.18. The molecule has 29 heavy (non-hydrogen) atoms. The Morgan fingerprint density at radius 1 is 1.10 bits per heavy atom. The third kappa shape index (κ3) is 3.09. The molecule has 0 fully saturated rings. The molecule has 0 aromatic carbocycles. The van der Waals surface area contributed by atoms with Gasteiger partial charge in [0.1, 0.15) is 0 Å². The summed E-state index contributed by atoms with van der Waals surface area (Å²) in [6.45, 7) is 2.17. The first-order valence-corrected chi connectivity index (χ1v) is 10.2. The summed E-state index contributed by atoms with van der Waals surface area (Å²) in [6, 6.07) is 8.05. The van der Waals surface area contributed by atoms with Crippen LogP contribution in [-0.4, -0.2) is 44.9 Å². The molecule has 10 nitrogen and oxygen atoms in total. The van der Waals surface area contributed by atoms with Crippen LogP contribution in [0.5, 0.6) is 5.88 Å². The number of primary sulfonamides is 1. The van der Waals surface area contributed by atoms with Gasteiger partial charge in [-0.3, -0.25) is 4.98 Å². The van der Waals surface area contributed by atoms with Gasteiger partial charge < -0.3 is 9.72 Å². The van der Waals surface area contributed by atoms with Crippen molar-refractivity contribution in [3.63, 3.8) is 0 Å². The molecule has 4 aromatic heterocycles. The van der Waals surface area contributed by atoms with Gasteiger partial charge in [0.2, 0.25) is 15.9 Å². The van der Waals surface area contributed by atoms with Crippen LogP contribution in [0, 0.1) is 0 Å². The van der Waals surface area contributed by atoms with Crippen molar-refractivity contribution in [2.75, 3.05) is 6.61 Å². The number of sulfonamides is 1. The van der Waals surface area contributed by atoms with E-state index in [9.17, 15) is 8.42 Å². The van der Waals surface area contributed by atoms with E-state index in [4.69, 9.17) is 9.88 Å². The molecule has 0 aliphatic carbocycles. The van der Waals surface area contributed by atoms with Crippen LogP contribution in [0.1, 0.15) is 23.9 Å². The molecule has 4 aromatic rings. The van der Waals surface area contributed by atoms with Gasteiger partial charge in [-0.1, -0.05) is 12.1 Å². The van der Waals surface area contributed by atoms with E-state index in [1.165, 1.54) is 24.9 Å². The largest absolute Gasteiger partial charge is 0.478 e. The van der Waals surface area contributed by atoms with Crippen molar-refractivity contribution in [3.8, 4) is 5.88 Å². The van der Waals surface area contributed by atoms with E-state index in [1.54, 1.807) is 37.3 Å². The van der Waals surface area contributed by atoms with E-state index in [-0.39, 0.29) is 22.8 Å². The van der Waals surface area contributed by atoms with E-state index in [0.29, 0.717) is 17.9 Å². The minimum Gasteiger partial charge on any atom is -0.478 e. The fourth-order valence-electron chi connectivity index (χ4n) is 3.19. The number of fused-ring (bicyclic) bond motifs is 1. The van der Waals surface area contributed by atoms with Gasteiger partial charge in [0, 0.05) is 24.0 Å². The Balaban J connectivity index is 2.11. The van der Waals surface area contributed by atoms with Crippen LogP contribution in [-0.2, 0) is 14.8 Å². The van der Waals surface area contributed by atoms with E-state index in [2.05, 4.69) is 29.9 Å². The third-order valence-electron chi connectivity index (χ3n) is 4.37. The predicted molar refractivity (Wildman–Crippen MR) is 104 cm³/mol. The molecule has 1 atom stereocenters. The third-order valence-corrected chi connectivity index (χ3v) is 5.88. The number of imidazole rings is 1. The lowest BCUT2D eigenvalue weighted by atomic mass is 9.92. The lowest BCUT2D eigenvalue weighted by Crippen LogP contribution is -2.44. The minimum absolute atomic E-state index is 0.0610. The van der Waals surface area contributed by atoms with Crippen molar-refractivity contribution in [2.45, 2.75) is 11.7 Å². The van der Waals surface area contributed by atoms with E-state index in [1.807, 2.05) is 0 Å². The zero-order valence-electron chi connectivity index (χ0n) is 15.3. The lowest BCUT2D eigenvalue weighted by molar-refractivity contribution is 0.325. The zero-order chi connectivity index (χ0) is 20.5. The molecule has 0 amide bonds. The minimum atomic E-state index is -4.36. The fraction of sp³-hybridized carbons (Fsp3) is 0.167. The van der Waals surface area contributed by atoms with Crippen molar-refractivity contribution in [2.24, 2.45) is 5.14 Å². The molecule has 0 saturated heterocycles. The molecule has 4 heterocycles. The second-order valence-electron chi connectivity index (χ2n) is 6.09. The highest BCUT2D eigenvalue weighted by Gasteiger charge is 2.50. The molecule has 0 aliphatic heterocycles. The smallest absolute Gasteiger partial charge is 0.230 e. The summed E-state index contributed by atoms with van der Waals surface area (Å²) in [5, 5.41) is 5.82. The molecular weight excluding hydrogens is 394 g/mol. The SMILES string of the molecule is CCOc1cccc(C(c2cccnc2)(c2cnc3nc[nH]c3n2)S(N)(=O)=O)n1. The van der Waals surface area contributed by atoms with Crippen molar-refractivity contribution >= 4 is 21.3 Å². The van der Waals surface area contributed by atoms with Gasteiger partial charge in [-0.05, 0) is 19.1 Å². The van der Waals surface area contributed by atoms with Crippen LogP contribution in [0.4, 0.5) is 0 Å². The predicted octanol–water partition coefficient (Wildman–Crippen LogP) is 1.12. The Kier molecular flexibility index (Phi) is 4.68. The number of aromatic amines is 1. The molecular formula is C18H17N7O3S. The zero-order valence-corrected chi connectivity index (χ0v) is 16.2. The first-order chi connectivity index (χ1) is 14.0.